The first kappa shape index (κ1) is 21.3. The summed E-state index contributed by atoms with van der Waals surface area (Å²) in [4.78, 5) is 10.1. The fourth-order valence-electron chi connectivity index (χ4n) is 3.11. The predicted octanol–water partition coefficient (Wildman–Crippen LogP) is 2.79. The second kappa shape index (κ2) is 8.54. The molecule has 0 amide bonds. The molecule has 1 saturated heterocycles. The largest absolute Gasteiger partial charge is 0.417 e. The van der Waals surface area contributed by atoms with E-state index in [2.05, 4.69) is 24.9 Å². The molecule has 1 aromatic carbocycles. The minimum atomic E-state index is -4.76. The highest BCUT2D eigenvalue weighted by Gasteiger charge is 2.36. The molecule has 29 heavy (non-hydrogen) atoms. The number of nitrogens with one attached hydrogen (secondary N) is 2. The zero-order valence-electron chi connectivity index (χ0n) is 15.8. The second-order valence-electron chi connectivity index (χ2n) is 6.70. The van der Waals surface area contributed by atoms with Crippen molar-refractivity contribution < 1.29 is 21.6 Å². The number of anilines is 2. The molecule has 2 aromatic rings. The average molecular weight is 429 g/mol. The number of nitrogens with zero attached hydrogens (tertiary/aromatic N) is 3. The quantitative estimate of drug-likeness (QED) is 0.659. The Morgan fingerprint density at radius 1 is 1.10 bits per heavy atom. The van der Waals surface area contributed by atoms with Gasteiger partial charge in [0.15, 0.2) is 0 Å². The summed E-state index contributed by atoms with van der Waals surface area (Å²) >= 11 is 0. The lowest BCUT2D eigenvalue weighted by Crippen LogP contribution is -2.31. The van der Waals surface area contributed by atoms with Crippen LogP contribution in [0.3, 0.4) is 0 Å². The van der Waals surface area contributed by atoms with Gasteiger partial charge in [-0.15, -0.1) is 0 Å². The number of sulfonamides is 1. The maximum Gasteiger partial charge on any atom is 0.417 e. The second-order valence-corrected chi connectivity index (χ2v) is 8.44. The molecule has 3 rings (SSSR count). The lowest BCUT2D eigenvalue weighted by Gasteiger charge is -2.18. The summed E-state index contributed by atoms with van der Waals surface area (Å²) in [6.45, 7) is 3.69. The standard InChI is InChI=1S/C18H22F3N5O2S/c1-13-12-16(26-10-4-5-11-26)25-17(24-13)22-8-9-23-29(27,28)15-7-3-2-6-14(15)18(19,20)21/h2-3,6-7,12,23H,4-5,8-11H2,1H3,(H,22,24,25). The number of hydrogen-bond acceptors (Lipinski definition) is 6. The van der Waals surface area contributed by atoms with Gasteiger partial charge in [-0.2, -0.15) is 18.2 Å². The summed E-state index contributed by atoms with van der Waals surface area (Å²) in [7, 11) is -4.32. The van der Waals surface area contributed by atoms with Crippen molar-refractivity contribution in [2.75, 3.05) is 36.4 Å². The normalized spacial score (nSPS) is 15.0. The van der Waals surface area contributed by atoms with E-state index in [4.69, 9.17) is 0 Å². The zero-order valence-corrected chi connectivity index (χ0v) is 16.6. The van der Waals surface area contributed by atoms with Gasteiger partial charge in [-0.05, 0) is 31.9 Å². The number of hydrogen-bond donors (Lipinski definition) is 2. The highest BCUT2D eigenvalue weighted by Crippen LogP contribution is 2.33. The van der Waals surface area contributed by atoms with Crippen molar-refractivity contribution in [3.8, 4) is 0 Å². The van der Waals surface area contributed by atoms with Gasteiger partial charge in [-0.3, -0.25) is 0 Å². The van der Waals surface area contributed by atoms with Crippen molar-refractivity contribution >= 4 is 21.8 Å². The van der Waals surface area contributed by atoms with E-state index >= 15 is 0 Å². The Morgan fingerprint density at radius 3 is 2.48 bits per heavy atom. The molecule has 0 aliphatic carbocycles. The number of aromatic nitrogens is 2. The van der Waals surface area contributed by atoms with Crippen LogP contribution in [0, 0.1) is 6.92 Å². The summed E-state index contributed by atoms with van der Waals surface area (Å²) in [6.07, 6.45) is -2.55. The molecule has 1 fully saturated rings. The maximum atomic E-state index is 13.1. The van der Waals surface area contributed by atoms with Crippen molar-refractivity contribution in [2.45, 2.75) is 30.8 Å². The van der Waals surface area contributed by atoms with E-state index in [1.54, 1.807) is 0 Å². The molecule has 11 heteroatoms. The van der Waals surface area contributed by atoms with Crippen LogP contribution in [0.2, 0.25) is 0 Å². The van der Waals surface area contributed by atoms with Crippen LogP contribution >= 0.6 is 0 Å². The fourth-order valence-corrected chi connectivity index (χ4v) is 4.37. The topological polar surface area (TPSA) is 87.2 Å². The highest BCUT2D eigenvalue weighted by molar-refractivity contribution is 7.89. The SMILES string of the molecule is Cc1cc(N2CCCC2)nc(NCCNS(=O)(=O)c2ccccc2C(F)(F)F)n1. The van der Waals surface area contributed by atoms with Gasteiger partial charge in [-0.1, -0.05) is 12.1 Å². The average Bonchev–Trinajstić information content (AvgIpc) is 3.19. The third kappa shape index (κ3) is 5.36. The lowest BCUT2D eigenvalue weighted by molar-refractivity contribution is -0.139. The van der Waals surface area contributed by atoms with Crippen LogP contribution in [-0.2, 0) is 16.2 Å². The van der Waals surface area contributed by atoms with E-state index in [9.17, 15) is 21.6 Å². The molecule has 0 unspecified atom stereocenters. The van der Waals surface area contributed by atoms with Gasteiger partial charge in [0, 0.05) is 37.9 Å². The van der Waals surface area contributed by atoms with Crippen molar-refractivity contribution in [3.63, 3.8) is 0 Å². The van der Waals surface area contributed by atoms with Crippen molar-refractivity contribution in [2.24, 2.45) is 0 Å². The number of alkyl halides is 3. The van der Waals surface area contributed by atoms with Crippen LogP contribution in [0.25, 0.3) is 0 Å². The summed E-state index contributed by atoms with van der Waals surface area (Å²) in [5.74, 6) is 1.15. The first-order valence-electron chi connectivity index (χ1n) is 9.17. The molecule has 158 valence electrons. The number of benzene rings is 1. The van der Waals surface area contributed by atoms with E-state index in [-0.39, 0.29) is 13.1 Å². The van der Waals surface area contributed by atoms with Crippen LogP contribution in [0.4, 0.5) is 24.9 Å². The smallest absolute Gasteiger partial charge is 0.356 e. The molecule has 0 radical (unpaired) electrons. The van der Waals surface area contributed by atoms with Gasteiger partial charge in [0.1, 0.15) is 5.82 Å². The maximum absolute atomic E-state index is 13.1. The van der Waals surface area contributed by atoms with E-state index in [0.29, 0.717) is 5.95 Å². The molecule has 1 aliphatic heterocycles. The molecular formula is C18H22F3N5O2S. The molecule has 0 saturated carbocycles. The lowest BCUT2D eigenvalue weighted by atomic mass is 10.2. The van der Waals surface area contributed by atoms with Gasteiger partial charge >= 0.3 is 6.18 Å². The third-order valence-corrected chi connectivity index (χ3v) is 5.97. The molecule has 0 bridgehead atoms. The fraction of sp³-hybridized carbons (Fsp3) is 0.444. The molecule has 2 N–H and O–H groups in total. The van der Waals surface area contributed by atoms with E-state index in [0.717, 1.165) is 55.6 Å². The first-order valence-corrected chi connectivity index (χ1v) is 10.7. The molecule has 0 atom stereocenters. The van der Waals surface area contributed by atoms with E-state index < -0.39 is 26.7 Å². The van der Waals surface area contributed by atoms with Crippen LogP contribution in [0.1, 0.15) is 24.1 Å². The summed E-state index contributed by atoms with van der Waals surface area (Å²) in [6, 6.07) is 5.96. The van der Waals surface area contributed by atoms with Gasteiger partial charge in [-0.25, -0.2) is 18.1 Å². The Kier molecular flexibility index (Phi) is 6.27. The van der Waals surface area contributed by atoms with Crippen LogP contribution in [0.15, 0.2) is 35.2 Å². The minimum absolute atomic E-state index is 0.120. The Morgan fingerprint density at radius 2 is 1.79 bits per heavy atom. The Bertz CT molecular complexity index is 960. The van der Waals surface area contributed by atoms with Gasteiger partial charge in [0.2, 0.25) is 16.0 Å². The summed E-state index contributed by atoms with van der Waals surface area (Å²) < 4.78 is 66.0. The Balaban J connectivity index is 1.62. The molecule has 0 spiro atoms. The first-order chi connectivity index (χ1) is 13.7. The highest BCUT2D eigenvalue weighted by atomic mass is 32.2. The van der Waals surface area contributed by atoms with Gasteiger partial charge in [0.05, 0.1) is 10.5 Å². The van der Waals surface area contributed by atoms with Crippen LogP contribution in [-0.4, -0.2) is 44.6 Å². The number of aryl methyl sites for hydroxylation is 1. The summed E-state index contributed by atoms with van der Waals surface area (Å²) in [5, 5.41) is 2.92. The van der Waals surface area contributed by atoms with E-state index in [1.807, 2.05) is 13.0 Å². The monoisotopic (exact) mass is 429 g/mol. The molecule has 1 aromatic heterocycles. The number of halogens is 3. The number of rotatable bonds is 7. The molecular weight excluding hydrogens is 407 g/mol. The van der Waals surface area contributed by atoms with Crippen LogP contribution < -0.4 is 14.9 Å². The van der Waals surface area contributed by atoms with Crippen LogP contribution in [0.5, 0.6) is 0 Å². The zero-order chi connectivity index (χ0) is 21.1. The van der Waals surface area contributed by atoms with Crippen molar-refractivity contribution in [3.05, 3.63) is 41.6 Å². The van der Waals surface area contributed by atoms with Gasteiger partial charge in [0.25, 0.3) is 0 Å². The van der Waals surface area contributed by atoms with Crippen molar-refractivity contribution in [1.29, 1.82) is 0 Å². The minimum Gasteiger partial charge on any atom is -0.356 e. The molecule has 1 aliphatic rings. The predicted molar refractivity (Wildman–Crippen MR) is 103 cm³/mol. The third-order valence-electron chi connectivity index (χ3n) is 4.45. The van der Waals surface area contributed by atoms with Gasteiger partial charge < -0.3 is 10.2 Å². The van der Waals surface area contributed by atoms with E-state index in [1.165, 1.54) is 6.07 Å². The van der Waals surface area contributed by atoms with Crippen molar-refractivity contribution in [1.82, 2.24) is 14.7 Å². The Hall–Kier alpha value is -2.40. The summed E-state index contributed by atoms with van der Waals surface area (Å²) in [5.41, 5.74) is -0.429. The molecule has 2 heterocycles. The molecule has 7 nitrogen and oxygen atoms in total. The Labute approximate surface area is 167 Å².